The van der Waals surface area contributed by atoms with Gasteiger partial charge >= 0.3 is 0 Å². The number of likely N-dealkylation sites (tertiary alicyclic amines) is 1. The predicted octanol–water partition coefficient (Wildman–Crippen LogP) is 2.52. The second-order valence-corrected chi connectivity index (χ2v) is 7.17. The van der Waals surface area contributed by atoms with Crippen molar-refractivity contribution in [1.29, 1.82) is 0 Å². The molecule has 0 radical (unpaired) electrons. The maximum atomic E-state index is 12.7. The fourth-order valence-electron chi connectivity index (χ4n) is 3.14. The van der Waals surface area contributed by atoms with E-state index >= 15 is 0 Å². The summed E-state index contributed by atoms with van der Waals surface area (Å²) in [6.07, 6.45) is 0.933. The van der Waals surface area contributed by atoms with Gasteiger partial charge in [-0.3, -0.25) is 4.79 Å². The van der Waals surface area contributed by atoms with Gasteiger partial charge in [0.25, 0.3) is 0 Å². The van der Waals surface area contributed by atoms with Crippen molar-refractivity contribution in [3.8, 4) is 5.75 Å². The maximum Gasteiger partial charge on any atom is 0.225 e. The van der Waals surface area contributed by atoms with Gasteiger partial charge in [0.2, 0.25) is 5.91 Å². The normalized spacial score (nSPS) is 19.8. The molecule has 1 aliphatic heterocycles. The minimum absolute atomic E-state index is 0.105. The molecule has 2 N–H and O–H groups in total. The van der Waals surface area contributed by atoms with Gasteiger partial charge in [-0.1, -0.05) is 19.1 Å². The number of carbonyl (C=O) groups excluding carboxylic acids is 1. The highest BCUT2D eigenvalue weighted by Crippen LogP contribution is 2.34. The number of amides is 1. The van der Waals surface area contributed by atoms with Crippen molar-refractivity contribution in [1.82, 2.24) is 15.5 Å². The lowest BCUT2D eigenvalue weighted by Gasteiger charge is -2.22. The van der Waals surface area contributed by atoms with E-state index < -0.39 is 0 Å². The Hall–Kier alpha value is -1.82. The van der Waals surface area contributed by atoms with Gasteiger partial charge in [-0.15, -0.1) is 0 Å². The Bertz CT molecular complexity index is 589. The first-order valence-electron chi connectivity index (χ1n) is 8.93. The molecule has 1 aromatic carbocycles. The van der Waals surface area contributed by atoms with E-state index in [0.29, 0.717) is 13.1 Å². The molecule has 5 nitrogen and oxygen atoms in total. The maximum absolute atomic E-state index is 12.7. The third kappa shape index (κ3) is 5.08. The average Bonchev–Trinajstić information content (AvgIpc) is 3.04. The summed E-state index contributed by atoms with van der Waals surface area (Å²) in [5.74, 6) is 0.946. The van der Waals surface area contributed by atoms with E-state index in [4.69, 9.17) is 17.0 Å². The van der Waals surface area contributed by atoms with Crippen molar-refractivity contribution < 1.29 is 9.53 Å². The summed E-state index contributed by atoms with van der Waals surface area (Å²) in [6.45, 7) is 8.28. The van der Waals surface area contributed by atoms with E-state index in [-0.39, 0.29) is 23.8 Å². The molecule has 0 saturated carbocycles. The molecule has 138 valence electrons. The highest BCUT2D eigenvalue weighted by Gasteiger charge is 2.39. The third-order valence-corrected chi connectivity index (χ3v) is 4.83. The predicted molar refractivity (Wildman–Crippen MR) is 105 cm³/mol. The fourth-order valence-corrected chi connectivity index (χ4v) is 3.53. The van der Waals surface area contributed by atoms with Crippen LogP contribution < -0.4 is 15.4 Å². The van der Waals surface area contributed by atoms with Crippen LogP contribution in [0.5, 0.6) is 5.75 Å². The zero-order chi connectivity index (χ0) is 18.4. The molecule has 25 heavy (non-hydrogen) atoms. The van der Waals surface area contributed by atoms with Gasteiger partial charge < -0.3 is 20.3 Å². The van der Waals surface area contributed by atoms with Crippen molar-refractivity contribution in [3.63, 3.8) is 0 Å². The van der Waals surface area contributed by atoms with E-state index in [1.807, 2.05) is 24.3 Å². The lowest BCUT2D eigenvalue weighted by atomic mass is 9.88. The lowest BCUT2D eigenvalue weighted by Crippen LogP contribution is -2.42. The minimum Gasteiger partial charge on any atom is -0.497 e. The third-order valence-electron chi connectivity index (χ3n) is 4.45. The molecule has 0 bridgehead atoms. The average molecular weight is 364 g/mol. The number of nitrogens with zero attached hydrogens (tertiary/aromatic N) is 1. The van der Waals surface area contributed by atoms with Gasteiger partial charge in [-0.25, -0.2) is 0 Å². The Labute approximate surface area is 156 Å². The monoisotopic (exact) mass is 363 g/mol. The van der Waals surface area contributed by atoms with Crippen LogP contribution in [0.15, 0.2) is 24.3 Å². The summed E-state index contributed by atoms with van der Waals surface area (Å²) >= 11 is 5.52. The van der Waals surface area contributed by atoms with Gasteiger partial charge in [0.1, 0.15) is 5.75 Å². The standard InChI is InChI=1S/C19H29N3O2S/c1-5-10-20-18(23)17-12-22(19(25)21-13(2)3)11-16(17)14-6-8-15(24-4)9-7-14/h6-9,13,16-17H,5,10-12H2,1-4H3,(H,20,23)(H,21,25). The lowest BCUT2D eigenvalue weighted by molar-refractivity contribution is -0.124. The van der Waals surface area contributed by atoms with Gasteiger partial charge in [0, 0.05) is 31.6 Å². The van der Waals surface area contributed by atoms with Crippen LogP contribution in [0.3, 0.4) is 0 Å². The fraction of sp³-hybridized carbons (Fsp3) is 0.579. The van der Waals surface area contributed by atoms with Gasteiger partial charge in [0.15, 0.2) is 5.11 Å². The van der Waals surface area contributed by atoms with Crippen molar-refractivity contribution in [2.45, 2.75) is 39.2 Å². The zero-order valence-electron chi connectivity index (χ0n) is 15.5. The SMILES string of the molecule is CCCNC(=O)C1CN(C(=S)NC(C)C)CC1c1ccc(OC)cc1. The molecule has 1 saturated heterocycles. The van der Waals surface area contributed by atoms with Crippen LogP contribution >= 0.6 is 12.2 Å². The molecule has 2 atom stereocenters. The quantitative estimate of drug-likeness (QED) is 0.761. The Balaban J connectivity index is 2.18. The van der Waals surface area contributed by atoms with Crippen molar-refractivity contribution in [2.24, 2.45) is 5.92 Å². The number of hydrogen-bond acceptors (Lipinski definition) is 3. The van der Waals surface area contributed by atoms with E-state index in [1.54, 1.807) is 7.11 Å². The molecule has 1 amide bonds. The topological polar surface area (TPSA) is 53.6 Å². The molecular weight excluding hydrogens is 334 g/mol. The Morgan fingerprint density at radius 1 is 1.32 bits per heavy atom. The Morgan fingerprint density at radius 2 is 2.00 bits per heavy atom. The van der Waals surface area contributed by atoms with E-state index in [2.05, 4.69) is 36.3 Å². The van der Waals surface area contributed by atoms with Crippen LogP contribution in [-0.2, 0) is 4.79 Å². The van der Waals surface area contributed by atoms with E-state index in [0.717, 1.165) is 29.4 Å². The molecule has 1 fully saturated rings. The largest absolute Gasteiger partial charge is 0.497 e. The Morgan fingerprint density at radius 3 is 2.56 bits per heavy atom. The number of ether oxygens (including phenoxy) is 1. The summed E-state index contributed by atoms with van der Waals surface area (Å²) in [6, 6.07) is 8.27. The molecule has 2 unspecified atom stereocenters. The number of thiocarbonyl (C=S) groups is 1. The van der Waals surface area contributed by atoms with Crippen LogP contribution in [0.4, 0.5) is 0 Å². The first-order valence-corrected chi connectivity index (χ1v) is 9.34. The molecular formula is C19H29N3O2S. The van der Waals surface area contributed by atoms with Gasteiger partial charge in [0.05, 0.1) is 13.0 Å². The van der Waals surface area contributed by atoms with E-state index in [9.17, 15) is 4.79 Å². The number of methoxy groups -OCH3 is 1. The highest BCUT2D eigenvalue weighted by atomic mass is 32.1. The molecule has 0 spiro atoms. The first kappa shape index (κ1) is 19.5. The number of benzene rings is 1. The van der Waals surface area contributed by atoms with Crippen molar-refractivity contribution in [3.05, 3.63) is 29.8 Å². The minimum atomic E-state index is -0.105. The molecule has 6 heteroatoms. The highest BCUT2D eigenvalue weighted by molar-refractivity contribution is 7.80. The zero-order valence-corrected chi connectivity index (χ0v) is 16.4. The van der Waals surface area contributed by atoms with Crippen LogP contribution in [0.2, 0.25) is 0 Å². The summed E-state index contributed by atoms with van der Waals surface area (Å²) < 4.78 is 5.24. The second kappa shape index (κ2) is 9.04. The molecule has 2 rings (SSSR count). The van der Waals surface area contributed by atoms with Crippen LogP contribution in [0.25, 0.3) is 0 Å². The molecule has 1 aromatic rings. The summed E-state index contributed by atoms with van der Waals surface area (Å²) in [5.41, 5.74) is 1.15. The van der Waals surface area contributed by atoms with Gasteiger partial charge in [-0.05, 0) is 50.2 Å². The Kier molecular flexibility index (Phi) is 7.05. The molecule has 1 aliphatic rings. The summed E-state index contributed by atoms with van der Waals surface area (Å²) in [5, 5.41) is 7.05. The van der Waals surface area contributed by atoms with Crippen LogP contribution in [-0.4, -0.2) is 48.7 Å². The number of carbonyl (C=O) groups is 1. The first-order chi connectivity index (χ1) is 12.0. The summed E-state index contributed by atoms with van der Waals surface area (Å²) in [7, 11) is 1.66. The smallest absolute Gasteiger partial charge is 0.225 e. The van der Waals surface area contributed by atoms with Crippen molar-refractivity contribution >= 4 is 23.2 Å². The number of rotatable bonds is 6. The summed E-state index contributed by atoms with van der Waals surface area (Å²) in [4.78, 5) is 14.8. The van der Waals surface area contributed by atoms with E-state index in [1.165, 1.54) is 0 Å². The van der Waals surface area contributed by atoms with Gasteiger partial charge in [-0.2, -0.15) is 0 Å². The van der Waals surface area contributed by atoms with Crippen molar-refractivity contribution in [2.75, 3.05) is 26.7 Å². The number of nitrogens with one attached hydrogen (secondary N) is 2. The molecule has 0 aromatic heterocycles. The van der Waals surface area contributed by atoms with Crippen LogP contribution in [0, 0.1) is 5.92 Å². The molecule has 1 heterocycles. The number of hydrogen-bond donors (Lipinski definition) is 2. The van der Waals surface area contributed by atoms with Crippen LogP contribution in [0.1, 0.15) is 38.7 Å². The second-order valence-electron chi connectivity index (χ2n) is 6.79. The molecule has 0 aliphatic carbocycles.